The molecule has 2 aliphatic rings. The van der Waals surface area contributed by atoms with Crippen LogP contribution in [0, 0.1) is 11.8 Å². The molecule has 2 fully saturated rings. The van der Waals surface area contributed by atoms with Crippen molar-refractivity contribution >= 4 is 23.2 Å². The van der Waals surface area contributed by atoms with Crippen molar-refractivity contribution in [3.8, 4) is 0 Å². The summed E-state index contributed by atoms with van der Waals surface area (Å²) in [7, 11) is 0. The fourth-order valence-corrected chi connectivity index (χ4v) is 5.72. The molecular formula is C32H45N3O3. The molecular weight excluding hydrogens is 474 g/mol. The minimum absolute atomic E-state index is 0.00457. The van der Waals surface area contributed by atoms with E-state index in [2.05, 4.69) is 59.7 Å². The number of ether oxygens (including phenoxy) is 1. The highest BCUT2D eigenvalue weighted by atomic mass is 16.5. The Morgan fingerprint density at radius 3 is 2.53 bits per heavy atom. The zero-order valence-electron chi connectivity index (χ0n) is 23.2. The quantitative estimate of drug-likeness (QED) is 0.350. The lowest BCUT2D eigenvalue weighted by atomic mass is 9.89. The summed E-state index contributed by atoms with van der Waals surface area (Å²) >= 11 is 0. The maximum Gasteiger partial charge on any atom is 0.253 e. The van der Waals surface area contributed by atoms with Gasteiger partial charge >= 0.3 is 0 Å². The number of nitrogens with zero attached hydrogens (tertiary/aromatic N) is 1. The van der Waals surface area contributed by atoms with Gasteiger partial charge in [0.1, 0.15) is 0 Å². The van der Waals surface area contributed by atoms with Gasteiger partial charge in [0.2, 0.25) is 5.91 Å². The zero-order valence-corrected chi connectivity index (χ0v) is 23.2. The molecule has 206 valence electrons. The normalized spacial score (nSPS) is 18.8. The van der Waals surface area contributed by atoms with Gasteiger partial charge in [0.15, 0.2) is 0 Å². The summed E-state index contributed by atoms with van der Waals surface area (Å²) in [5.74, 6) is 0.588. The molecule has 6 heteroatoms. The van der Waals surface area contributed by atoms with Gasteiger partial charge in [-0.05, 0) is 74.6 Å². The van der Waals surface area contributed by atoms with Crippen LogP contribution in [0.5, 0.6) is 0 Å². The number of anilines is 2. The van der Waals surface area contributed by atoms with Crippen molar-refractivity contribution in [2.45, 2.75) is 77.7 Å². The minimum atomic E-state index is -0.101. The van der Waals surface area contributed by atoms with Gasteiger partial charge in [0, 0.05) is 43.5 Å². The van der Waals surface area contributed by atoms with Gasteiger partial charge in [-0.1, -0.05) is 57.0 Å². The van der Waals surface area contributed by atoms with Gasteiger partial charge in [-0.15, -0.1) is 0 Å². The monoisotopic (exact) mass is 519 g/mol. The first-order valence-electron chi connectivity index (χ1n) is 14.7. The molecule has 0 aliphatic carbocycles. The summed E-state index contributed by atoms with van der Waals surface area (Å²) in [4.78, 5) is 28.7. The van der Waals surface area contributed by atoms with E-state index in [4.69, 9.17) is 4.74 Å². The molecule has 0 spiro atoms. The SMILES string of the molecule is CCCCC(CC)C(=O)Nc1ccc(N2CCC(Cc3ccccc3)CC2)c(C(=O)NCC2CCCO2)c1. The lowest BCUT2D eigenvalue weighted by molar-refractivity contribution is -0.120. The van der Waals surface area contributed by atoms with Gasteiger partial charge in [-0.25, -0.2) is 0 Å². The molecule has 0 bridgehead atoms. The largest absolute Gasteiger partial charge is 0.376 e. The fourth-order valence-electron chi connectivity index (χ4n) is 5.72. The molecule has 2 aromatic carbocycles. The van der Waals surface area contributed by atoms with Crippen LogP contribution in [0.1, 0.15) is 81.1 Å². The zero-order chi connectivity index (χ0) is 26.7. The first-order chi connectivity index (χ1) is 18.6. The number of nitrogens with one attached hydrogen (secondary N) is 2. The summed E-state index contributed by atoms with van der Waals surface area (Å²) in [5.41, 5.74) is 3.66. The predicted octanol–water partition coefficient (Wildman–Crippen LogP) is 6.21. The van der Waals surface area contributed by atoms with Crippen LogP contribution in [0.15, 0.2) is 48.5 Å². The Morgan fingerprint density at radius 2 is 1.84 bits per heavy atom. The second kappa shape index (κ2) is 14.3. The van der Waals surface area contributed by atoms with Gasteiger partial charge in [-0.2, -0.15) is 0 Å². The van der Waals surface area contributed by atoms with Crippen LogP contribution in [0.2, 0.25) is 0 Å². The second-order valence-corrected chi connectivity index (χ2v) is 10.9. The van der Waals surface area contributed by atoms with E-state index < -0.39 is 0 Å². The summed E-state index contributed by atoms with van der Waals surface area (Å²) in [6, 6.07) is 16.5. The van der Waals surface area contributed by atoms with E-state index in [9.17, 15) is 9.59 Å². The highest BCUT2D eigenvalue weighted by Crippen LogP contribution is 2.30. The van der Waals surface area contributed by atoms with Crippen LogP contribution in [0.4, 0.5) is 11.4 Å². The topological polar surface area (TPSA) is 70.7 Å². The van der Waals surface area contributed by atoms with Crippen molar-refractivity contribution in [2.75, 3.05) is 36.5 Å². The van der Waals surface area contributed by atoms with Gasteiger partial charge < -0.3 is 20.3 Å². The lowest BCUT2D eigenvalue weighted by Gasteiger charge is -2.35. The first-order valence-corrected chi connectivity index (χ1v) is 14.7. The number of carbonyl (C=O) groups is 2. The van der Waals surface area contributed by atoms with Gasteiger partial charge in [0.05, 0.1) is 11.7 Å². The van der Waals surface area contributed by atoms with Crippen LogP contribution in [-0.4, -0.2) is 44.2 Å². The van der Waals surface area contributed by atoms with E-state index in [0.29, 0.717) is 23.7 Å². The second-order valence-electron chi connectivity index (χ2n) is 10.9. The molecule has 0 radical (unpaired) electrons. The maximum absolute atomic E-state index is 13.4. The lowest BCUT2D eigenvalue weighted by Crippen LogP contribution is -2.37. The number of amides is 2. The Balaban J connectivity index is 1.46. The highest BCUT2D eigenvalue weighted by Gasteiger charge is 2.25. The van der Waals surface area contributed by atoms with Crippen molar-refractivity contribution in [1.29, 1.82) is 0 Å². The van der Waals surface area contributed by atoms with E-state index in [1.165, 1.54) is 5.56 Å². The predicted molar refractivity (Wildman–Crippen MR) is 155 cm³/mol. The van der Waals surface area contributed by atoms with Gasteiger partial charge in [0.25, 0.3) is 5.91 Å². The Labute approximate surface area is 228 Å². The third kappa shape index (κ3) is 7.83. The Morgan fingerprint density at radius 1 is 1.05 bits per heavy atom. The average Bonchev–Trinajstić information content (AvgIpc) is 3.47. The van der Waals surface area contributed by atoms with Crippen LogP contribution in [-0.2, 0) is 16.0 Å². The first kappa shape index (κ1) is 28.2. The number of unbranched alkanes of at least 4 members (excludes halogenated alkanes) is 1. The fraction of sp³-hybridized carbons (Fsp3) is 0.562. The molecule has 0 aromatic heterocycles. The molecule has 2 saturated heterocycles. The maximum atomic E-state index is 13.4. The Bertz CT molecular complexity index is 1030. The molecule has 38 heavy (non-hydrogen) atoms. The number of benzene rings is 2. The minimum Gasteiger partial charge on any atom is -0.376 e. The molecule has 2 N–H and O–H groups in total. The number of piperidine rings is 1. The number of rotatable bonds is 12. The van der Waals surface area contributed by atoms with Crippen LogP contribution >= 0.6 is 0 Å². The van der Waals surface area contributed by atoms with Crippen molar-refractivity contribution in [3.05, 3.63) is 59.7 Å². The molecule has 2 atom stereocenters. The number of carbonyl (C=O) groups excluding carboxylic acids is 2. The van der Waals surface area contributed by atoms with E-state index in [0.717, 1.165) is 83.2 Å². The molecule has 2 aromatic rings. The average molecular weight is 520 g/mol. The van der Waals surface area contributed by atoms with Crippen molar-refractivity contribution in [1.82, 2.24) is 5.32 Å². The molecule has 4 rings (SSSR count). The summed E-state index contributed by atoms with van der Waals surface area (Å²) < 4.78 is 5.71. The van der Waals surface area contributed by atoms with Gasteiger partial charge in [-0.3, -0.25) is 9.59 Å². The van der Waals surface area contributed by atoms with Crippen LogP contribution < -0.4 is 15.5 Å². The van der Waals surface area contributed by atoms with Crippen molar-refractivity contribution in [3.63, 3.8) is 0 Å². The van der Waals surface area contributed by atoms with E-state index >= 15 is 0 Å². The standard InChI is InChI=1S/C32H45N3O3/c1-3-5-12-26(4-2)31(36)34-27-14-15-30(29(22-27)32(37)33-23-28-13-9-20-38-28)35-18-16-25(17-19-35)21-24-10-7-6-8-11-24/h6-8,10-11,14-15,22,25-26,28H,3-5,9,12-13,16-21,23H2,1-2H3,(H,33,37)(H,34,36). The highest BCUT2D eigenvalue weighted by molar-refractivity contribution is 6.02. The Kier molecular flexibility index (Phi) is 10.6. The molecule has 0 saturated carbocycles. The van der Waals surface area contributed by atoms with E-state index in [-0.39, 0.29) is 23.8 Å². The number of hydrogen-bond acceptors (Lipinski definition) is 4. The van der Waals surface area contributed by atoms with Crippen LogP contribution in [0.25, 0.3) is 0 Å². The number of hydrogen-bond donors (Lipinski definition) is 2. The molecule has 2 aliphatic heterocycles. The van der Waals surface area contributed by atoms with Crippen molar-refractivity contribution < 1.29 is 14.3 Å². The third-order valence-electron chi connectivity index (χ3n) is 8.12. The molecule has 2 heterocycles. The summed E-state index contributed by atoms with van der Waals surface area (Å²) in [6.07, 6.45) is 9.24. The summed E-state index contributed by atoms with van der Waals surface area (Å²) in [5, 5.41) is 6.20. The van der Waals surface area contributed by atoms with Crippen LogP contribution in [0.3, 0.4) is 0 Å². The summed E-state index contributed by atoms with van der Waals surface area (Å²) in [6.45, 7) is 7.34. The smallest absolute Gasteiger partial charge is 0.253 e. The molecule has 6 nitrogen and oxygen atoms in total. The Hall–Kier alpha value is -2.86. The molecule has 2 unspecified atom stereocenters. The third-order valence-corrected chi connectivity index (χ3v) is 8.12. The van der Waals surface area contributed by atoms with E-state index in [1.807, 2.05) is 18.2 Å². The van der Waals surface area contributed by atoms with Crippen molar-refractivity contribution in [2.24, 2.45) is 11.8 Å². The van der Waals surface area contributed by atoms with E-state index in [1.54, 1.807) is 0 Å². The molecule has 2 amide bonds.